The highest BCUT2D eigenvalue weighted by molar-refractivity contribution is 9.10. The molecular formula is C13H16BrFN2O. The number of piperidine rings is 1. The molecule has 18 heavy (non-hydrogen) atoms. The average molecular weight is 315 g/mol. The molecule has 2 unspecified atom stereocenters. The molecule has 2 atom stereocenters. The number of hydrogen-bond acceptors (Lipinski definition) is 2. The van der Waals surface area contributed by atoms with Crippen molar-refractivity contribution in [2.75, 3.05) is 6.54 Å². The standard InChI is InChI=1S/C13H16BrFN2O/c1-8-7-9(5-6-16-8)17-13(18)12-10(14)3-2-4-11(12)15/h2-4,8-9,16H,5-7H2,1H3,(H,17,18). The van der Waals surface area contributed by atoms with Crippen LogP contribution in [0.2, 0.25) is 0 Å². The summed E-state index contributed by atoms with van der Waals surface area (Å²) in [5, 5.41) is 6.21. The van der Waals surface area contributed by atoms with Crippen LogP contribution in [0, 0.1) is 5.82 Å². The zero-order chi connectivity index (χ0) is 13.1. The van der Waals surface area contributed by atoms with Gasteiger partial charge in [-0.25, -0.2) is 4.39 Å². The number of carbonyl (C=O) groups excluding carboxylic acids is 1. The van der Waals surface area contributed by atoms with Gasteiger partial charge in [-0.3, -0.25) is 4.79 Å². The Morgan fingerprint density at radius 1 is 1.56 bits per heavy atom. The smallest absolute Gasteiger partial charge is 0.255 e. The van der Waals surface area contributed by atoms with Crippen molar-refractivity contribution >= 4 is 21.8 Å². The van der Waals surface area contributed by atoms with Gasteiger partial charge in [0.25, 0.3) is 5.91 Å². The van der Waals surface area contributed by atoms with Gasteiger partial charge >= 0.3 is 0 Å². The van der Waals surface area contributed by atoms with E-state index in [-0.39, 0.29) is 17.5 Å². The molecule has 0 bridgehead atoms. The van der Waals surface area contributed by atoms with Crippen molar-refractivity contribution in [3.05, 3.63) is 34.1 Å². The summed E-state index contributed by atoms with van der Waals surface area (Å²) in [5.74, 6) is -0.845. The molecule has 0 aromatic heterocycles. The Bertz CT molecular complexity index is 432. The molecule has 1 aliphatic rings. The summed E-state index contributed by atoms with van der Waals surface area (Å²) in [6.07, 6.45) is 1.75. The fraction of sp³-hybridized carbons (Fsp3) is 0.462. The van der Waals surface area contributed by atoms with Gasteiger partial charge in [0, 0.05) is 16.6 Å². The number of nitrogens with one attached hydrogen (secondary N) is 2. The molecule has 1 aliphatic heterocycles. The Balaban J connectivity index is 2.07. The number of amides is 1. The quantitative estimate of drug-likeness (QED) is 0.880. The lowest BCUT2D eigenvalue weighted by Crippen LogP contribution is -2.46. The molecule has 0 spiro atoms. The number of rotatable bonds is 2. The third-order valence-electron chi connectivity index (χ3n) is 3.15. The largest absolute Gasteiger partial charge is 0.349 e. The second kappa shape index (κ2) is 5.80. The van der Waals surface area contributed by atoms with Crippen LogP contribution in [-0.2, 0) is 0 Å². The van der Waals surface area contributed by atoms with Gasteiger partial charge in [0.15, 0.2) is 0 Å². The van der Waals surface area contributed by atoms with Crippen LogP contribution in [0.5, 0.6) is 0 Å². The molecule has 98 valence electrons. The molecule has 2 N–H and O–H groups in total. The summed E-state index contributed by atoms with van der Waals surface area (Å²) in [7, 11) is 0. The first-order valence-electron chi connectivity index (χ1n) is 6.06. The van der Waals surface area contributed by atoms with Gasteiger partial charge in [-0.05, 0) is 54.4 Å². The van der Waals surface area contributed by atoms with Crippen molar-refractivity contribution in [2.45, 2.75) is 31.8 Å². The van der Waals surface area contributed by atoms with E-state index in [2.05, 4.69) is 33.5 Å². The van der Waals surface area contributed by atoms with Crippen molar-refractivity contribution in [3.8, 4) is 0 Å². The monoisotopic (exact) mass is 314 g/mol. The van der Waals surface area contributed by atoms with Gasteiger partial charge in [-0.1, -0.05) is 6.07 Å². The van der Waals surface area contributed by atoms with Crippen molar-refractivity contribution in [1.29, 1.82) is 0 Å². The van der Waals surface area contributed by atoms with Crippen LogP contribution in [0.25, 0.3) is 0 Å². The number of benzene rings is 1. The van der Waals surface area contributed by atoms with E-state index in [0.717, 1.165) is 19.4 Å². The first kappa shape index (κ1) is 13.5. The maximum Gasteiger partial charge on any atom is 0.255 e. The molecule has 1 fully saturated rings. The molecule has 1 amide bonds. The number of carbonyl (C=O) groups is 1. The van der Waals surface area contributed by atoms with Gasteiger partial charge in [-0.2, -0.15) is 0 Å². The van der Waals surface area contributed by atoms with E-state index in [0.29, 0.717) is 10.5 Å². The van der Waals surface area contributed by atoms with Crippen LogP contribution in [0.1, 0.15) is 30.1 Å². The lowest BCUT2D eigenvalue weighted by molar-refractivity contribution is 0.0921. The molecule has 1 aromatic rings. The van der Waals surface area contributed by atoms with Crippen LogP contribution >= 0.6 is 15.9 Å². The fourth-order valence-electron chi connectivity index (χ4n) is 2.24. The molecule has 1 heterocycles. The zero-order valence-corrected chi connectivity index (χ0v) is 11.8. The maximum absolute atomic E-state index is 13.6. The van der Waals surface area contributed by atoms with Gasteiger partial charge < -0.3 is 10.6 Å². The lowest BCUT2D eigenvalue weighted by Gasteiger charge is -2.28. The summed E-state index contributed by atoms with van der Waals surface area (Å²) >= 11 is 3.21. The van der Waals surface area contributed by atoms with E-state index in [1.165, 1.54) is 6.07 Å². The minimum Gasteiger partial charge on any atom is -0.349 e. The average Bonchev–Trinajstić information content (AvgIpc) is 2.28. The number of halogens is 2. The Kier molecular flexibility index (Phi) is 4.35. The number of hydrogen-bond donors (Lipinski definition) is 2. The Labute approximate surface area is 114 Å². The highest BCUT2D eigenvalue weighted by atomic mass is 79.9. The summed E-state index contributed by atoms with van der Waals surface area (Å²) in [5.41, 5.74) is 0.0867. The van der Waals surface area contributed by atoms with Crippen LogP contribution in [0.3, 0.4) is 0 Å². The molecule has 2 rings (SSSR count). The van der Waals surface area contributed by atoms with E-state index < -0.39 is 5.82 Å². The van der Waals surface area contributed by atoms with Crippen LogP contribution in [0.4, 0.5) is 4.39 Å². The lowest BCUT2D eigenvalue weighted by atomic mass is 10.0. The van der Waals surface area contributed by atoms with E-state index in [1.807, 2.05) is 0 Å². The highest BCUT2D eigenvalue weighted by Gasteiger charge is 2.22. The summed E-state index contributed by atoms with van der Waals surface area (Å²) < 4.78 is 14.1. The summed E-state index contributed by atoms with van der Waals surface area (Å²) in [6, 6.07) is 5.03. The minimum atomic E-state index is -0.496. The van der Waals surface area contributed by atoms with Gasteiger partial charge in [0.2, 0.25) is 0 Å². The topological polar surface area (TPSA) is 41.1 Å². The first-order chi connectivity index (χ1) is 8.58. The van der Waals surface area contributed by atoms with Gasteiger partial charge in [0.1, 0.15) is 5.82 Å². The Hall–Kier alpha value is -0.940. The van der Waals surface area contributed by atoms with E-state index in [1.54, 1.807) is 12.1 Å². The molecule has 1 aromatic carbocycles. The first-order valence-corrected chi connectivity index (χ1v) is 6.85. The predicted molar refractivity (Wildman–Crippen MR) is 72.1 cm³/mol. The van der Waals surface area contributed by atoms with Crippen molar-refractivity contribution in [1.82, 2.24) is 10.6 Å². The van der Waals surface area contributed by atoms with Crippen LogP contribution in [0.15, 0.2) is 22.7 Å². The molecule has 0 radical (unpaired) electrons. The highest BCUT2D eigenvalue weighted by Crippen LogP contribution is 2.20. The van der Waals surface area contributed by atoms with Gasteiger partial charge in [-0.15, -0.1) is 0 Å². The van der Waals surface area contributed by atoms with Crippen molar-refractivity contribution in [2.24, 2.45) is 0 Å². The molecule has 0 aliphatic carbocycles. The second-order valence-electron chi connectivity index (χ2n) is 4.65. The van der Waals surface area contributed by atoms with E-state index >= 15 is 0 Å². The second-order valence-corrected chi connectivity index (χ2v) is 5.50. The Morgan fingerprint density at radius 3 is 3.00 bits per heavy atom. The zero-order valence-electron chi connectivity index (χ0n) is 10.2. The minimum absolute atomic E-state index is 0.0867. The van der Waals surface area contributed by atoms with Crippen LogP contribution < -0.4 is 10.6 Å². The van der Waals surface area contributed by atoms with E-state index in [9.17, 15) is 9.18 Å². The predicted octanol–water partition coefficient (Wildman–Crippen LogP) is 2.46. The van der Waals surface area contributed by atoms with Crippen molar-refractivity contribution < 1.29 is 9.18 Å². The van der Waals surface area contributed by atoms with E-state index in [4.69, 9.17) is 0 Å². The summed E-state index contributed by atoms with van der Waals surface area (Å²) in [4.78, 5) is 12.1. The van der Waals surface area contributed by atoms with Crippen LogP contribution in [-0.4, -0.2) is 24.5 Å². The summed E-state index contributed by atoms with van der Waals surface area (Å²) in [6.45, 7) is 2.96. The fourth-order valence-corrected chi connectivity index (χ4v) is 2.76. The molecule has 1 saturated heterocycles. The maximum atomic E-state index is 13.6. The Morgan fingerprint density at radius 2 is 2.33 bits per heavy atom. The SMILES string of the molecule is CC1CC(NC(=O)c2c(F)cccc2Br)CCN1. The molecule has 3 nitrogen and oxygen atoms in total. The molecular weight excluding hydrogens is 299 g/mol. The van der Waals surface area contributed by atoms with Gasteiger partial charge in [0.05, 0.1) is 5.56 Å². The third-order valence-corrected chi connectivity index (χ3v) is 3.81. The normalized spacial score (nSPS) is 23.7. The molecule has 5 heteroatoms. The van der Waals surface area contributed by atoms with Crippen molar-refractivity contribution in [3.63, 3.8) is 0 Å². The molecule has 0 saturated carbocycles. The third kappa shape index (κ3) is 3.09.